The fraction of sp³-hybridized carbons (Fsp3) is 0.235. The number of pyridine rings is 1. The maximum absolute atomic E-state index is 13.5. The van der Waals surface area contributed by atoms with Gasteiger partial charge in [-0.15, -0.1) is 0 Å². The van der Waals surface area contributed by atoms with Crippen LogP contribution in [0.4, 0.5) is 14.5 Å². The summed E-state index contributed by atoms with van der Waals surface area (Å²) < 4.78 is 33.7. The summed E-state index contributed by atoms with van der Waals surface area (Å²) >= 11 is 0. The summed E-state index contributed by atoms with van der Waals surface area (Å²) in [5, 5.41) is 7.50. The Labute approximate surface area is 142 Å². The lowest BCUT2D eigenvalue weighted by atomic mass is 10.2. The average Bonchev–Trinajstić information content (AvgIpc) is 2.84. The first-order valence-corrected chi connectivity index (χ1v) is 7.54. The molecule has 0 aliphatic heterocycles. The number of aromatic nitrogens is 3. The van der Waals surface area contributed by atoms with Crippen molar-refractivity contribution >= 4 is 22.6 Å². The molecule has 1 aromatic carbocycles. The van der Waals surface area contributed by atoms with Crippen LogP contribution in [0.5, 0.6) is 5.88 Å². The Hall–Kier alpha value is -3.03. The number of anilines is 1. The van der Waals surface area contributed by atoms with Gasteiger partial charge < -0.3 is 10.1 Å². The molecule has 0 atom stereocenters. The van der Waals surface area contributed by atoms with Gasteiger partial charge in [0.2, 0.25) is 5.88 Å². The SMILES string of the molecule is Cc1cc(OCC(=O)Nc2cc(F)ccc2F)nc2c1c(C)nn2C. The number of hydrogen-bond acceptors (Lipinski definition) is 4. The molecule has 130 valence electrons. The van der Waals surface area contributed by atoms with Crippen molar-refractivity contribution in [2.75, 3.05) is 11.9 Å². The van der Waals surface area contributed by atoms with Crippen molar-refractivity contribution in [2.45, 2.75) is 13.8 Å². The summed E-state index contributed by atoms with van der Waals surface area (Å²) in [4.78, 5) is 16.2. The molecule has 2 aromatic heterocycles. The lowest BCUT2D eigenvalue weighted by molar-refractivity contribution is -0.118. The summed E-state index contributed by atoms with van der Waals surface area (Å²) in [6, 6.07) is 4.52. The van der Waals surface area contributed by atoms with Crippen molar-refractivity contribution in [1.82, 2.24) is 14.8 Å². The molecule has 3 aromatic rings. The number of amides is 1. The van der Waals surface area contributed by atoms with Crippen LogP contribution in [0.25, 0.3) is 11.0 Å². The Balaban J connectivity index is 1.73. The number of carbonyl (C=O) groups is 1. The zero-order valence-corrected chi connectivity index (χ0v) is 13.9. The van der Waals surface area contributed by atoms with Crippen LogP contribution >= 0.6 is 0 Å². The van der Waals surface area contributed by atoms with E-state index in [4.69, 9.17) is 4.74 Å². The summed E-state index contributed by atoms with van der Waals surface area (Å²) in [5.41, 5.74) is 2.18. The van der Waals surface area contributed by atoms with Crippen molar-refractivity contribution in [3.05, 3.63) is 47.2 Å². The standard InChI is InChI=1S/C17H16F2N4O2/c1-9-6-15(21-17-16(9)10(2)22-23(17)3)25-8-14(24)20-13-7-11(18)4-5-12(13)19/h4-7H,8H2,1-3H3,(H,20,24). The quantitative estimate of drug-likeness (QED) is 0.789. The second-order valence-corrected chi connectivity index (χ2v) is 5.65. The number of fused-ring (bicyclic) bond motifs is 1. The van der Waals surface area contributed by atoms with Gasteiger partial charge in [0, 0.05) is 24.6 Å². The van der Waals surface area contributed by atoms with Gasteiger partial charge in [0.05, 0.1) is 11.4 Å². The van der Waals surface area contributed by atoms with E-state index in [1.807, 2.05) is 13.8 Å². The molecule has 0 aliphatic carbocycles. The predicted molar refractivity (Wildman–Crippen MR) is 88.5 cm³/mol. The molecule has 1 amide bonds. The Morgan fingerprint density at radius 1 is 1.28 bits per heavy atom. The van der Waals surface area contributed by atoms with Crippen molar-refractivity contribution in [3.8, 4) is 5.88 Å². The third-order valence-corrected chi connectivity index (χ3v) is 3.70. The van der Waals surface area contributed by atoms with Crippen LogP contribution in [-0.4, -0.2) is 27.3 Å². The van der Waals surface area contributed by atoms with Crippen molar-refractivity contribution in [1.29, 1.82) is 0 Å². The van der Waals surface area contributed by atoms with Crippen LogP contribution in [0.1, 0.15) is 11.3 Å². The highest BCUT2D eigenvalue weighted by Crippen LogP contribution is 2.24. The van der Waals surface area contributed by atoms with E-state index in [0.29, 0.717) is 5.65 Å². The second kappa shape index (κ2) is 6.46. The van der Waals surface area contributed by atoms with Crippen molar-refractivity contribution in [2.24, 2.45) is 7.05 Å². The highest BCUT2D eigenvalue weighted by atomic mass is 19.1. The number of nitrogens with zero attached hydrogens (tertiary/aromatic N) is 3. The van der Waals surface area contributed by atoms with E-state index < -0.39 is 17.5 Å². The van der Waals surface area contributed by atoms with Gasteiger partial charge in [0.25, 0.3) is 5.91 Å². The molecular formula is C17H16F2N4O2. The van der Waals surface area contributed by atoms with Gasteiger partial charge in [-0.2, -0.15) is 10.1 Å². The van der Waals surface area contributed by atoms with E-state index >= 15 is 0 Å². The van der Waals surface area contributed by atoms with Gasteiger partial charge in [0.15, 0.2) is 12.3 Å². The van der Waals surface area contributed by atoms with Gasteiger partial charge in [-0.3, -0.25) is 9.48 Å². The third-order valence-electron chi connectivity index (χ3n) is 3.70. The highest BCUT2D eigenvalue weighted by molar-refractivity contribution is 5.92. The number of ether oxygens (including phenoxy) is 1. The minimum absolute atomic E-state index is 0.240. The molecule has 0 saturated carbocycles. The Kier molecular flexibility index (Phi) is 4.35. The van der Waals surface area contributed by atoms with Crippen LogP contribution in [0.2, 0.25) is 0 Å². The van der Waals surface area contributed by atoms with Gasteiger partial charge in [-0.1, -0.05) is 0 Å². The number of benzene rings is 1. The molecule has 2 heterocycles. The first-order chi connectivity index (χ1) is 11.8. The molecule has 1 N–H and O–H groups in total. The van der Waals surface area contributed by atoms with Gasteiger partial charge >= 0.3 is 0 Å². The summed E-state index contributed by atoms with van der Waals surface area (Å²) in [7, 11) is 1.77. The minimum atomic E-state index is -0.726. The number of hydrogen-bond donors (Lipinski definition) is 1. The van der Waals surface area contributed by atoms with E-state index in [-0.39, 0.29) is 18.2 Å². The molecule has 0 aliphatic rings. The number of halogens is 2. The van der Waals surface area contributed by atoms with Crippen LogP contribution < -0.4 is 10.1 Å². The lowest BCUT2D eigenvalue weighted by Crippen LogP contribution is -2.21. The maximum Gasteiger partial charge on any atom is 0.262 e. The van der Waals surface area contributed by atoms with E-state index in [1.54, 1.807) is 17.8 Å². The monoisotopic (exact) mass is 346 g/mol. The van der Waals surface area contributed by atoms with Crippen LogP contribution in [0, 0.1) is 25.5 Å². The number of nitrogens with one attached hydrogen (secondary N) is 1. The molecule has 0 fully saturated rings. The summed E-state index contributed by atoms with van der Waals surface area (Å²) in [6.07, 6.45) is 0. The first kappa shape index (κ1) is 16.8. The molecule has 0 unspecified atom stereocenters. The van der Waals surface area contributed by atoms with E-state index in [1.165, 1.54) is 0 Å². The van der Waals surface area contributed by atoms with Gasteiger partial charge in [-0.05, 0) is 31.5 Å². The highest BCUT2D eigenvalue weighted by Gasteiger charge is 2.13. The molecule has 25 heavy (non-hydrogen) atoms. The molecule has 8 heteroatoms. The molecule has 0 radical (unpaired) electrons. The largest absolute Gasteiger partial charge is 0.467 e. The molecule has 0 spiro atoms. The first-order valence-electron chi connectivity index (χ1n) is 7.54. The lowest BCUT2D eigenvalue weighted by Gasteiger charge is -2.09. The Morgan fingerprint density at radius 2 is 2.04 bits per heavy atom. The van der Waals surface area contributed by atoms with Crippen molar-refractivity contribution < 1.29 is 18.3 Å². The average molecular weight is 346 g/mol. The maximum atomic E-state index is 13.5. The van der Waals surface area contributed by atoms with E-state index in [2.05, 4.69) is 15.4 Å². The predicted octanol–water partition coefficient (Wildman–Crippen LogP) is 2.88. The Bertz CT molecular complexity index is 969. The van der Waals surface area contributed by atoms with Crippen LogP contribution in [-0.2, 0) is 11.8 Å². The molecule has 0 bridgehead atoms. The molecule has 6 nitrogen and oxygen atoms in total. The normalized spacial score (nSPS) is 10.9. The Morgan fingerprint density at radius 3 is 2.80 bits per heavy atom. The van der Waals surface area contributed by atoms with Gasteiger partial charge in [-0.25, -0.2) is 8.78 Å². The molecule has 3 rings (SSSR count). The van der Waals surface area contributed by atoms with Gasteiger partial charge in [0.1, 0.15) is 11.6 Å². The zero-order chi connectivity index (χ0) is 18.1. The third kappa shape index (κ3) is 3.42. The van der Waals surface area contributed by atoms with Crippen LogP contribution in [0.15, 0.2) is 24.3 Å². The minimum Gasteiger partial charge on any atom is -0.467 e. The number of carbonyl (C=O) groups excluding carboxylic acids is 1. The topological polar surface area (TPSA) is 69.0 Å². The summed E-state index contributed by atoms with van der Waals surface area (Å²) in [6.45, 7) is 3.40. The van der Waals surface area contributed by atoms with Crippen molar-refractivity contribution in [3.63, 3.8) is 0 Å². The fourth-order valence-electron chi connectivity index (χ4n) is 2.62. The smallest absolute Gasteiger partial charge is 0.262 e. The molecular weight excluding hydrogens is 330 g/mol. The second-order valence-electron chi connectivity index (χ2n) is 5.65. The van der Waals surface area contributed by atoms with E-state index in [9.17, 15) is 13.6 Å². The zero-order valence-electron chi connectivity index (χ0n) is 13.9. The van der Waals surface area contributed by atoms with E-state index in [0.717, 1.165) is 34.8 Å². The fourth-order valence-corrected chi connectivity index (χ4v) is 2.62. The van der Waals surface area contributed by atoms with Crippen LogP contribution in [0.3, 0.4) is 0 Å². The summed E-state index contributed by atoms with van der Waals surface area (Å²) in [5.74, 6) is -1.74. The number of rotatable bonds is 4. The number of aryl methyl sites for hydroxylation is 3. The molecule has 0 saturated heterocycles.